The van der Waals surface area contributed by atoms with Crippen LogP contribution < -0.4 is 0 Å². The third kappa shape index (κ3) is 2.23. The molecule has 0 nitrogen and oxygen atoms in total. The van der Waals surface area contributed by atoms with Gasteiger partial charge in [-0.1, -0.05) is 22.6 Å². The predicted octanol–water partition coefficient (Wildman–Crippen LogP) is 2.62. The zero-order valence-corrected chi connectivity index (χ0v) is 6.13. The fraction of sp³-hybridized carbons (Fsp3) is 1.00. The Morgan fingerprint density at radius 1 is 1.00 bits per heavy atom. The van der Waals surface area contributed by atoms with Crippen molar-refractivity contribution >= 4 is 22.6 Å². The van der Waals surface area contributed by atoms with Gasteiger partial charge in [-0.05, 0) is 0 Å². The summed E-state index contributed by atoms with van der Waals surface area (Å²) in [7, 11) is 0. The second kappa shape index (κ2) is 2.55. The van der Waals surface area contributed by atoms with Gasteiger partial charge in [-0.25, -0.2) is 0 Å². The highest BCUT2D eigenvalue weighted by Gasteiger charge is 2.56. The normalized spacial score (nSPS) is 14.0. The molecule has 0 saturated carbocycles. The molecule has 0 unspecified atom stereocenters. The molecule has 0 aliphatic rings. The Morgan fingerprint density at radius 3 is 1.33 bits per heavy atom. The molecule has 0 N–H and O–H groups in total. The fourth-order valence-electron chi connectivity index (χ4n) is 0.0758. The monoisotopic (exact) mass is 260 g/mol. The van der Waals surface area contributed by atoms with Crippen LogP contribution in [0.5, 0.6) is 0 Å². The summed E-state index contributed by atoms with van der Waals surface area (Å²) >= 11 is 0.985. The smallest absolute Gasteiger partial charge is 0.195 e. The molecule has 6 heteroatoms. The van der Waals surface area contributed by atoms with E-state index in [4.69, 9.17) is 0 Å². The minimum atomic E-state index is -5.39. The number of hydrogen-bond acceptors (Lipinski definition) is 0. The summed E-state index contributed by atoms with van der Waals surface area (Å²) in [6.07, 6.45) is -5.39. The van der Waals surface area contributed by atoms with Crippen molar-refractivity contribution in [3.05, 3.63) is 0 Å². The molecule has 0 heterocycles. The van der Waals surface area contributed by atoms with E-state index in [9.17, 15) is 22.0 Å². The highest BCUT2D eigenvalue weighted by Crippen LogP contribution is 2.36. The molecule has 0 amide bonds. The fourth-order valence-corrected chi connectivity index (χ4v) is 0.508. The zero-order chi connectivity index (χ0) is 7.71. The van der Waals surface area contributed by atoms with Crippen LogP contribution >= 0.6 is 22.6 Å². The van der Waals surface area contributed by atoms with Crippen molar-refractivity contribution < 1.29 is 22.0 Å². The lowest BCUT2D eigenvalue weighted by molar-refractivity contribution is -0.269. The molecule has 0 aromatic carbocycles. The van der Waals surface area contributed by atoms with Crippen molar-refractivity contribution in [3.63, 3.8) is 0 Å². The van der Waals surface area contributed by atoms with Gasteiger partial charge in [-0.3, -0.25) is 0 Å². The van der Waals surface area contributed by atoms with Gasteiger partial charge in [-0.15, -0.1) is 0 Å². The summed E-state index contributed by atoms with van der Waals surface area (Å²) < 4.78 is 55.1. The van der Waals surface area contributed by atoms with Gasteiger partial charge in [0.1, 0.15) is 0 Å². The van der Waals surface area contributed by atoms with Crippen LogP contribution in [0, 0.1) is 0 Å². The van der Waals surface area contributed by atoms with E-state index >= 15 is 0 Å². The van der Waals surface area contributed by atoms with Crippen molar-refractivity contribution in [1.29, 1.82) is 0 Å². The minimum absolute atomic E-state index is 0.985. The van der Waals surface area contributed by atoms with E-state index in [2.05, 4.69) is 0 Å². The summed E-state index contributed by atoms with van der Waals surface area (Å²) in [5.41, 5.74) is 0. The molecular weight excluding hydrogens is 258 g/mol. The summed E-state index contributed by atoms with van der Waals surface area (Å²) in [4.78, 5) is 0. The molecule has 0 aliphatic heterocycles. The highest BCUT2D eigenvalue weighted by molar-refractivity contribution is 14.1. The first-order valence-electron chi connectivity index (χ1n) is 1.82. The Balaban J connectivity index is 4.14. The van der Waals surface area contributed by atoms with E-state index in [-0.39, 0.29) is 0 Å². The van der Waals surface area contributed by atoms with Gasteiger partial charge in [0.2, 0.25) is 0 Å². The molecule has 0 aromatic heterocycles. The third-order valence-corrected chi connectivity index (χ3v) is 1.54. The first-order valence-corrected chi connectivity index (χ1v) is 3.34. The summed E-state index contributed by atoms with van der Waals surface area (Å²) in [6, 6.07) is 0. The Bertz CT molecular complexity index is 94.9. The largest absolute Gasteiger partial charge is 0.454 e. The van der Waals surface area contributed by atoms with Crippen LogP contribution in [0.25, 0.3) is 0 Å². The van der Waals surface area contributed by atoms with Crippen molar-refractivity contribution in [2.45, 2.75) is 12.1 Å². The number of rotatable bonds is 1. The Kier molecular flexibility index (Phi) is 2.66. The average Bonchev–Trinajstić information content (AvgIpc) is 1.64. The number of halogens is 6. The first kappa shape index (κ1) is 9.38. The molecule has 0 saturated heterocycles. The molecule has 56 valence electrons. The summed E-state index contributed by atoms with van der Waals surface area (Å²) in [5.74, 6) is -4.53. The minimum Gasteiger partial charge on any atom is -0.195 e. The van der Waals surface area contributed by atoms with E-state index in [1.165, 1.54) is 0 Å². The van der Waals surface area contributed by atoms with Crippen LogP contribution in [0.15, 0.2) is 0 Å². The van der Waals surface area contributed by atoms with Gasteiger partial charge < -0.3 is 0 Å². The van der Waals surface area contributed by atoms with Crippen LogP contribution in [0.3, 0.4) is 0 Å². The van der Waals surface area contributed by atoms with Gasteiger partial charge in [0, 0.05) is 0 Å². The maximum absolute atomic E-state index is 11.5. The van der Waals surface area contributed by atoms with E-state index in [1.54, 1.807) is 0 Å². The Morgan fingerprint density at radius 2 is 1.33 bits per heavy atom. The van der Waals surface area contributed by atoms with Crippen molar-refractivity contribution in [3.8, 4) is 0 Å². The zero-order valence-electron chi connectivity index (χ0n) is 3.97. The van der Waals surface area contributed by atoms with Gasteiger partial charge in [-0.2, -0.15) is 22.0 Å². The molecule has 0 spiro atoms. The Labute approximate surface area is 61.6 Å². The Hall–Kier alpha value is 0.380. The lowest BCUT2D eigenvalue weighted by Gasteiger charge is -2.15. The molecule has 0 bridgehead atoms. The van der Waals surface area contributed by atoms with Gasteiger partial charge in [0.05, 0.1) is 4.43 Å². The van der Waals surface area contributed by atoms with Crippen molar-refractivity contribution in [2.75, 3.05) is 4.43 Å². The van der Waals surface area contributed by atoms with Gasteiger partial charge in [0.15, 0.2) is 0 Å². The molecule has 0 aliphatic carbocycles. The number of hydrogen-bond donors (Lipinski definition) is 0. The molecule has 0 aromatic rings. The molecule has 9 heavy (non-hydrogen) atoms. The lowest BCUT2D eigenvalue weighted by Crippen LogP contribution is -2.37. The van der Waals surface area contributed by atoms with Crippen LogP contribution in [0.4, 0.5) is 22.0 Å². The quantitative estimate of drug-likeness (QED) is 0.386. The predicted molar refractivity (Wildman–Crippen MR) is 29.9 cm³/mol. The molecule has 0 fully saturated rings. The highest BCUT2D eigenvalue weighted by atomic mass is 127. The third-order valence-electron chi connectivity index (χ3n) is 0.583. The molecule has 0 radical (unpaired) electrons. The second-order valence-corrected chi connectivity index (χ2v) is 2.10. The van der Waals surface area contributed by atoms with Gasteiger partial charge >= 0.3 is 12.1 Å². The van der Waals surface area contributed by atoms with E-state index in [0.717, 1.165) is 22.6 Å². The van der Waals surface area contributed by atoms with Crippen molar-refractivity contribution in [1.82, 2.24) is 0 Å². The average molecular weight is 260 g/mol. The SMILES string of the molecule is FC(F)(F)C(F)(F)CI. The molecular formula is C3H2F5I. The van der Waals surface area contributed by atoms with E-state index in [1.807, 2.05) is 0 Å². The first-order chi connectivity index (χ1) is 3.81. The van der Waals surface area contributed by atoms with E-state index < -0.39 is 16.5 Å². The molecule has 0 rings (SSSR count). The standard InChI is InChI=1S/C3H2F5I/c4-2(5,1-9)3(6,7)8/h1H2. The molecule has 0 atom stereocenters. The van der Waals surface area contributed by atoms with Crippen LogP contribution in [0.1, 0.15) is 0 Å². The lowest BCUT2D eigenvalue weighted by atomic mass is 10.4. The topological polar surface area (TPSA) is 0 Å². The summed E-state index contributed by atoms with van der Waals surface area (Å²) in [5, 5.41) is 0. The second-order valence-electron chi connectivity index (χ2n) is 1.34. The van der Waals surface area contributed by atoms with E-state index in [0.29, 0.717) is 0 Å². The summed E-state index contributed by atoms with van der Waals surface area (Å²) in [6.45, 7) is 0. The van der Waals surface area contributed by atoms with Gasteiger partial charge in [0.25, 0.3) is 0 Å². The van der Waals surface area contributed by atoms with Crippen molar-refractivity contribution in [2.24, 2.45) is 0 Å². The maximum Gasteiger partial charge on any atom is 0.454 e. The van der Waals surface area contributed by atoms with Crippen LogP contribution in [-0.4, -0.2) is 16.5 Å². The van der Waals surface area contributed by atoms with Crippen LogP contribution in [0.2, 0.25) is 0 Å². The number of alkyl halides is 6. The van der Waals surface area contributed by atoms with Crippen LogP contribution in [-0.2, 0) is 0 Å². The maximum atomic E-state index is 11.5.